The van der Waals surface area contributed by atoms with Gasteiger partial charge in [-0.25, -0.2) is 4.98 Å². The van der Waals surface area contributed by atoms with Gasteiger partial charge in [0.2, 0.25) is 0 Å². The van der Waals surface area contributed by atoms with E-state index in [-0.39, 0.29) is 5.70 Å². The van der Waals surface area contributed by atoms with Crippen molar-refractivity contribution in [1.29, 1.82) is 0 Å². The molecule has 6 heteroatoms. The third-order valence-corrected chi connectivity index (χ3v) is 3.57. The summed E-state index contributed by atoms with van der Waals surface area (Å²) in [5.74, 6) is 0.868. The van der Waals surface area contributed by atoms with Gasteiger partial charge in [0.25, 0.3) is 5.70 Å². The van der Waals surface area contributed by atoms with Crippen LogP contribution in [0.4, 0.5) is 5.82 Å². The summed E-state index contributed by atoms with van der Waals surface area (Å²) < 4.78 is 0. The van der Waals surface area contributed by atoms with Gasteiger partial charge in [-0.05, 0) is 38.6 Å². The number of likely N-dealkylation sites (N-methyl/N-ethyl adjacent to an activating group) is 2. The van der Waals surface area contributed by atoms with Crippen LogP contribution in [0.5, 0.6) is 0 Å². The van der Waals surface area contributed by atoms with E-state index in [1.807, 2.05) is 20.0 Å². The summed E-state index contributed by atoms with van der Waals surface area (Å²) in [6.07, 6.45) is 4.56. The molecular weight excluding hydrogens is 280 g/mol. The molecule has 0 saturated heterocycles. The number of nitrogens with one attached hydrogen (secondary N) is 1. The van der Waals surface area contributed by atoms with Crippen LogP contribution < -0.4 is 20.8 Å². The molecule has 2 rings (SSSR count). The number of hydrogen-bond acceptors (Lipinski definition) is 5. The minimum Gasteiger partial charge on any atom is -0.356 e. The number of aromatic nitrogens is 1. The molecule has 1 aliphatic rings. The summed E-state index contributed by atoms with van der Waals surface area (Å²) in [7, 11) is 1.92. The number of allylic oxidation sites excluding steroid dienone is 3. The molecule has 6 nitrogen and oxygen atoms in total. The molecule has 0 saturated carbocycles. The molecule has 0 radical (unpaired) electrons. The zero-order valence-corrected chi connectivity index (χ0v) is 13.1. The minimum atomic E-state index is -0.397. The van der Waals surface area contributed by atoms with Crippen molar-refractivity contribution >= 4 is 17.6 Å². The van der Waals surface area contributed by atoms with E-state index in [1.165, 1.54) is 6.08 Å². The van der Waals surface area contributed by atoms with E-state index >= 15 is 0 Å². The maximum atomic E-state index is 11.0. The normalized spacial score (nSPS) is 12.6. The first-order valence-electron chi connectivity index (χ1n) is 7.27. The second-order valence-electron chi connectivity index (χ2n) is 5.05. The monoisotopic (exact) mass is 300 g/mol. The Balaban J connectivity index is 2.53. The van der Waals surface area contributed by atoms with Crippen LogP contribution in [0.25, 0.3) is 11.8 Å². The Labute approximate surface area is 129 Å². The summed E-state index contributed by atoms with van der Waals surface area (Å²) in [6.45, 7) is 6.58. The van der Waals surface area contributed by atoms with E-state index < -0.39 is 4.92 Å². The highest BCUT2D eigenvalue weighted by Gasteiger charge is 2.11. The van der Waals surface area contributed by atoms with Gasteiger partial charge in [-0.2, -0.15) is 0 Å². The van der Waals surface area contributed by atoms with Gasteiger partial charge >= 0.3 is 0 Å². The zero-order valence-electron chi connectivity index (χ0n) is 13.1. The highest BCUT2D eigenvalue weighted by atomic mass is 16.6. The zero-order chi connectivity index (χ0) is 16.1. The van der Waals surface area contributed by atoms with Crippen molar-refractivity contribution in [2.24, 2.45) is 0 Å². The molecule has 1 aromatic rings. The number of rotatable bonds is 6. The van der Waals surface area contributed by atoms with Crippen LogP contribution in [-0.4, -0.2) is 36.6 Å². The lowest BCUT2D eigenvalue weighted by Crippen LogP contribution is -2.36. The Hall–Kier alpha value is -2.43. The van der Waals surface area contributed by atoms with Gasteiger partial charge in [-0.3, -0.25) is 10.1 Å². The number of nitrogens with zero attached hydrogens (tertiary/aromatic N) is 3. The molecular formula is C16H20N4O2. The van der Waals surface area contributed by atoms with Crippen molar-refractivity contribution < 1.29 is 4.92 Å². The lowest BCUT2D eigenvalue weighted by molar-refractivity contribution is -0.416. The second-order valence-corrected chi connectivity index (χ2v) is 5.05. The van der Waals surface area contributed by atoms with E-state index in [0.29, 0.717) is 5.35 Å². The summed E-state index contributed by atoms with van der Waals surface area (Å²) >= 11 is 0. The van der Waals surface area contributed by atoms with Gasteiger partial charge in [-0.1, -0.05) is 5.73 Å². The SMILES string of the molecule is CCN(CCNC)c1cc(C)c2c(n1)=C=CC=C([N+](=O)[O-])C=2. The molecule has 22 heavy (non-hydrogen) atoms. The van der Waals surface area contributed by atoms with Crippen molar-refractivity contribution in [3.63, 3.8) is 0 Å². The molecule has 1 aromatic heterocycles. The third-order valence-electron chi connectivity index (χ3n) is 3.57. The predicted octanol–water partition coefficient (Wildman–Crippen LogP) is 0.326. The maximum absolute atomic E-state index is 11.0. The topological polar surface area (TPSA) is 71.3 Å². The molecule has 1 N–H and O–H groups in total. The van der Waals surface area contributed by atoms with Crippen LogP contribution in [-0.2, 0) is 0 Å². The van der Waals surface area contributed by atoms with Gasteiger partial charge in [0.05, 0.1) is 4.92 Å². The molecule has 0 bridgehead atoms. The molecule has 0 aliphatic heterocycles. The largest absolute Gasteiger partial charge is 0.356 e. The molecule has 0 amide bonds. The maximum Gasteiger partial charge on any atom is 0.270 e. The molecule has 0 unspecified atom stereocenters. The van der Waals surface area contributed by atoms with Crippen molar-refractivity contribution in [2.75, 3.05) is 31.6 Å². The lowest BCUT2D eigenvalue weighted by atomic mass is 10.2. The van der Waals surface area contributed by atoms with Gasteiger partial charge in [0, 0.05) is 37.0 Å². The number of nitro groups is 1. The van der Waals surface area contributed by atoms with E-state index in [2.05, 4.69) is 27.9 Å². The van der Waals surface area contributed by atoms with Gasteiger partial charge in [0.1, 0.15) is 11.2 Å². The Kier molecular flexibility index (Phi) is 5.09. The van der Waals surface area contributed by atoms with E-state index in [1.54, 1.807) is 12.2 Å². The van der Waals surface area contributed by atoms with Crippen LogP contribution in [0.2, 0.25) is 0 Å². The summed E-state index contributed by atoms with van der Waals surface area (Å²) in [6, 6.07) is 1.97. The van der Waals surface area contributed by atoms with Crippen LogP contribution in [0.15, 0.2) is 23.9 Å². The fraction of sp³-hybridized carbons (Fsp3) is 0.375. The van der Waals surface area contributed by atoms with Crippen molar-refractivity contribution in [1.82, 2.24) is 10.3 Å². The number of anilines is 1. The fourth-order valence-corrected chi connectivity index (χ4v) is 2.32. The van der Waals surface area contributed by atoms with Crippen molar-refractivity contribution in [3.8, 4) is 0 Å². The lowest BCUT2D eigenvalue weighted by Gasteiger charge is -2.22. The van der Waals surface area contributed by atoms with Crippen molar-refractivity contribution in [2.45, 2.75) is 13.8 Å². The second kappa shape index (κ2) is 7.02. The van der Waals surface area contributed by atoms with Gasteiger partial charge < -0.3 is 10.2 Å². The Morgan fingerprint density at radius 1 is 1.50 bits per heavy atom. The molecule has 116 valence electrons. The number of hydrogen-bond donors (Lipinski definition) is 1. The molecule has 0 aromatic carbocycles. The first kappa shape index (κ1) is 15.9. The summed E-state index contributed by atoms with van der Waals surface area (Å²) in [5.41, 5.74) is 4.04. The third kappa shape index (κ3) is 3.42. The average molecular weight is 300 g/mol. The predicted molar refractivity (Wildman–Crippen MR) is 87.6 cm³/mol. The van der Waals surface area contributed by atoms with Gasteiger partial charge in [-0.15, -0.1) is 0 Å². The number of pyridine rings is 1. The highest BCUT2D eigenvalue weighted by molar-refractivity contribution is 5.52. The minimum absolute atomic E-state index is 0.0476. The standard InChI is InChI=1S/C16H20N4O2/c1-4-19(9-8-17-3)16-10-12(2)14-11-13(20(21)22)6-5-7-15(14)18-16/h5-6,10-11,17H,4,8-9H2,1-3H3. The first-order chi connectivity index (χ1) is 10.6. The highest BCUT2D eigenvalue weighted by Crippen LogP contribution is 2.09. The van der Waals surface area contributed by atoms with E-state index in [9.17, 15) is 10.1 Å². The average Bonchev–Trinajstić information content (AvgIpc) is 2.71. The van der Waals surface area contributed by atoms with Gasteiger partial charge in [0.15, 0.2) is 0 Å². The van der Waals surface area contributed by atoms with Crippen LogP contribution in [0, 0.1) is 17.0 Å². The van der Waals surface area contributed by atoms with Crippen LogP contribution in [0.1, 0.15) is 12.5 Å². The van der Waals surface area contributed by atoms with E-state index in [0.717, 1.165) is 36.2 Å². The Morgan fingerprint density at radius 3 is 2.91 bits per heavy atom. The Bertz CT molecular complexity index is 761. The van der Waals surface area contributed by atoms with Crippen LogP contribution in [0.3, 0.4) is 0 Å². The molecule has 0 spiro atoms. The summed E-state index contributed by atoms with van der Waals surface area (Å²) in [4.78, 5) is 17.4. The quantitative estimate of drug-likeness (QED) is 0.605. The molecule has 0 fully saturated rings. The fourth-order valence-electron chi connectivity index (χ4n) is 2.32. The van der Waals surface area contributed by atoms with Crippen LogP contribution >= 0.6 is 0 Å². The first-order valence-corrected chi connectivity index (χ1v) is 7.27. The number of fused-ring (bicyclic) bond motifs is 1. The Morgan fingerprint density at radius 2 is 2.27 bits per heavy atom. The summed E-state index contributed by atoms with van der Waals surface area (Å²) in [5, 5.41) is 15.5. The smallest absolute Gasteiger partial charge is 0.270 e. The molecule has 1 aliphatic carbocycles. The number of aryl methyl sites for hydroxylation is 1. The molecule has 1 heterocycles. The van der Waals surface area contributed by atoms with E-state index in [4.69, 9.17) is 0 Å². The van der Waals surface area contributed by atoms with Crippen molar-refractivity contribution in [3.05, 3.63) is 50.2 Å². The molecule has 0 atom stereocenters.